The van der Waals surface area contributed by atoms with E-state index in [2.05, 4.69) is 6.92 Å². The minimum atomic E-state index is -1.14. The summed E-state index contributed by atoms with van der Waals surface area (Å²) in [5, 5.41) is 0. The molecule has 214 valence electrons. The summed E-state index contributed by atoms with van der Waals surface area (Å²) >= 11 is 0. The fourth-order valence-corrected chi connectivity index (χ4v) is 4.17. The first-order valence-corrected chi connectivity index (χ1v) is 14.3. The van der Waals surface area contributed by atoms with Crippen LogP contribution in [-0.4, -0.2) is 29.6 Å². The van der Waals surface area contributed by atoms with Crippen LogP contribution in [0.5, 0.6) is 11.5 Å². The van der Waals surface area contributed by atoms with Crippen molar-refractivity contribution in [2.24, 2.45) is 0 Å². The van der Waals surface area contributed by atoms with E-state index in [-0.39, 0.29) is 5.78 Å². The zero-order valence-electron chi connectivity index (χ0n) is 25.3. The highest BCUT2D eigenvalue weighted by Crippen LogP contribution is 2.30. The number of benzene rings is 2. The molecule has 0 amide bonds. The lowest BCUT2D eigenvalue weighted by molar-refractivity contribution is -0.171. The maximum atomic E-state index is 12.7. The summed E-state index contributed by atoms with van der Waals surface area (Å²) < 4.78 is 17.5. The van der Waals surface area contributed by atoms with E-state index < -0.39 is 17.2 Å². The fourth-order valence-electron chi connectivity index (χ4n) is 4.17. The van der Waals surface area contributed by atoms with E-state index in [0.29, 0.717) is 17.9 Å². The monoisotopic (exact) mass is 536 g/mol. The van der Waals surface area contributed by atoms with Gasteiger partial charge in [-0.3, -0.25) is 4.79 Å². The number of hydrogen-bond donors (Lipinski definition) is 0. The van der Waals surface area contributed by atoms with E-state index >= 15 is 0 Å². The Bertz CT molecular complexity index is 1080. The number of carbonyl (C=O) groups excluding carboxylic acids is 2. The second-order valence-corrected chi connectivity index (χ2v) is 11.8. The average Bonchev–Trinajstić information content (AvgIpc) is 2.85. The van der Waals surface area contributed by atoms with Gasteiger partial charge in [-0.25, -0.2) is 4.79 Å². The first-order chi connectivity index (χ1) is 18.3. The molecule has 0 aliphatic carbocycles. The standard InChI is InChI=1S/C34H48O5/c1-9-10-11-12-13-14-15-22-37-29-19-17-28(18-20-29)30(35)21-16-27-23-25(2)31(26(3)24-27)38-34(7,8)32(36)39-33(4,5)6/h16-21,23-24H,9-15,22H2,1-8H3/b21-16+. The molecule has 0 bridgehead atoms. The number of rotatable bonds is 15. The Hall–Kier alpha value is -3.08. The van der Waals surface area contributed by atoms with Crippen molar-refractivity contribution in [1.29, 1.82) is 0 Å². The van der Waals surface area contributed by atoms with Gasteiger partial charge < -0.3 is 14.2 Å². The number of aryl methyl sites for hydroxylation is 2. The quantitative estimate of drug-likeness (QED) is 0.0985. The molecule has 2 aromatic carbocycles. The van der Waals surface area contributed by atoms with Crippen LogP contribution in [0.2, 0.25) is 0 Å². The van der Waals surface area contributed by atoms with Crippen molar-refractivity contribution in [3.05, 3.63) is 64.7 Å². The van der Waals surface area contributed by atoms with Crippen LogP contribution >= 0.6 is 0 Å². The third-order valence-electron chi connectivity index (χ3n) is 6.31. The van der Waals surface area contributed by atoms with Gasteiger partial charge in [-0.2, -0.15) is 0 Å². The van der Waals surface area contributed by atoms with E-state index in [0.717, 1.165) is 28.9 Å². The molecule has 39 heavy (non-hydrogen) atoms. The van der Waals surface area contributed by atoms with Crippen LogP contribution in [0.15, 0.2) is 42.5 Å². The van der Waals surface area contributed by atoms with Crippen LogP contribution in [-0.2, 0) is 9.53 Å². The molecule has 0 saturated heterocycles. The van der Waals surface area contributed by atoms with Crippen molar-refractivity contribution in [2.45, 2.75) is 112 Å². The molecule has 0 spiro atoms. The van der Waals surface area contributed by atoms with Crippen LogP contribution in [0.1, 0.15) is 114 Å². The van der Waals surface area contributed by atoms with Gasteiger partial charge in [0.1, 0.15) is 17.1 Å². The van der Waals surface area contributed by atoms with Gasteiger partial charge in [0.05, 0.1) is 6.61 Å². The van der Waals surface area contributed by atoms with Gasteiger partial charge in [0, 0.05) is 5.56 Å². The highest BCUT2D eigenvalue weighted by molar-refractivity contribution is 6.06. The summed E-state index contributed by atoms with van der Waals surface area (Å²) in [5.74, 6) is 0.937. The van der Waals surface area contributed by atoms with E-state index in [1.165, 1.54) is 38.5 Å². The molecule has 0 saturated carbocycles. The lowest BCUT2D eigenvalue weighted by atomic mass is 10.0. The third-order valence-corrected chi connectivity index (χ3v) is 6.31. The second kappa shape index (κ2) is 14.9. The lowest BCUT2D eigenvalue weighted by Gasteiger charge is -2.30. The number of carbonyl (C=O) groups is 2. The minimum Gasteiger partial charge on any atom is -0.494 e. The maximum Gasteiger partial charge on any atom is 0.350 e. The van der Waals surface area contributed by atoms with Crippen molar-refractivity contribution in [3.8, 4) is 11.5 Å². The van der Waals surface area contributed by atoms with Gasteiger partial charge in [0.15, 0.2) is 11.4 Å². The van der Waals surface area contributed by atoms with Crippen LogP contribution in [0.4, 0.5) is 0 Å². The van der Waals surface area contributed by atoms with Gasteiger partial charge in [-0.05, 0) is 114 Å². The van der Waals surface area contributed by atoms with Gasteiger partial charge in [0.25, 0.3) is 0 Å². The zero-order chi connectivity index (χ0) is 29.1. The predicted molar refractivity (Wildman–Crippen MR) is 160 cm³/mol. The summed E-state index contributed by atoms with van der Waals surface area (Å²) in [6.45, 7) is 15.7. The second-order valence-electron chi connectivity index (χ2n) is 11.8. The van der Waals surface area contributed by atoms with E-state index in [1.54, 1.807) is 38.1 Å². The molecule has 0 radical (unpaired) electrons. The Morgan fingerprint density at radius 2 is 1.38 bits per heavy atom. The Kier molecular flexibility index (Phi) is 12.3. The Labute approximate surface area is 235 Å². The van der Waals surface area contributed by atoms with E-state index in [9.17, 15) is 9.59 Å². The number of unbranched alkanes of at least 4 members (excludes halogenated alkanes) is 6. The molecular weight excluding hydrogens is 488 g/mol. The summed E-state index contributed by atoms with van der Waals surface area (Å²) in [6, 6.07) is 11.2. The van der Waals surface area contributed by atoms with Crippen LogP contribution in [0.3, 0.4) is 0 Å². The highest BCUT2D eigenvalue weighted by Gasteiger charge is 2.35. The topological polar surface area (TPSA) is 61.8 Å². The van der Waals surface area contributed by atoms with Crippen molar-refractivity contribution in [2.75, 3.05) is 6.61 Å². The smallest absolute Gasteiger partial charge is 0.350 e. The van der Waals surface area contributed by atoms with Crippen LogP contribution < -0.4 is 9.47 Å². The zero-order valence-corrected chi connectivity index (χ0v) is 25.3. The number of allylic oxidation sites excluding steroid dienone is 1. The van der Waals surface area contributed by atoms with Gasteiger partial charge in [0.2, 0.25) is 0 Å². The molecule has 0 heterocycles. The summed E-state index contributed by atoms with van der Waals surface area (Å²) in [5.41, 5.74) is 1.52. The predicted octanol–water partition coefficient (Wildman–Crippen LogP) is 8.83. The molecule has 0 aliphatic heterocycles. The highest BCUT2D eigenvalue weighted by atomic mass is 16.6. The molecular formula is C34H48O5. The van der Waals surface area contributed by atoms with E-state index in [1.807, 2.05) is 58.9 Å². The Morgan fingerprint density at radius 3 is 1.95 bits per heavy atom. The van der Waals surface area contributed by atoms with Crippen LogP contribution in [0, 0.1) is 13.8 Å². The van der Waals surface area contributed by atoms with Crippen molar-refractivity contribution in [3.63, 3.8) is 0 Å². The number of hydrogen-bond acceptors (Lipinski definition) is 5. The molecule has 0 aromatic heterocycles. The third kappa shape index (κ3) is 11.3. The van der Waals surface area contributed by atoms with Gasteiger partial charge >= 0.3 is 5.97 Å². The maximum absolute atomic E-state index is 12.7. The number of ether oxygens (including phenoxy) is 3. The average molecular weight is 537 g/mol. The summed E-state index contributed by atoms with van der Waals surface area (Å²) in [7, 11) is 0. The molecule has 0 fully saturated rings. The molecule has 0 unspecified atom stereocenters. The molecule has 0 atom stereocenters. The molecule has 0 N–H and O–H groups in total. The molecule has 5 heteroatoms. The van der Waals surface area contributed by atoms with Gasteiger partial charge in [-0.1, -0.05) is 51.5 Å². The van der Waals surface area contributed by atoms with Crippen molar-refractivity contribution >= 4 is 17.8 Å². The SMILES string of the molecule is CCCCCCCCCOc1ccc(C(=O)/C=C/c2cc(C)c(OC(C)(C)C(=O)OC(C)(C)C)c(C)c2)cc1. The largest absolute Gasteiger partial charge is 0.494 e. The summed E-state index contributed by atoms with van der Waals surface area (Å²) in [6.07, 6.45) is 12.1. The molecule has 2 rings (SSSR count). The minimum absolute atomic E-state index is 0.0738. The van der Waals surface area contributed by atoms with Crippen molar-refractivity contribution < 1.29 is 23.8 Å². The van der Waals surface area contributed by atoms with Gasteiger partial charge in [-0.15, -0.1) is 0 Å². The molecule has 2 aromatic rings. The van der Waals surface area contributed by atoms with E-state index in [4.69, 9.17) is 14.2 Å². The molecule has 5 nitrogen and oxygen atoms in total. The van der Waals surface area contributed by atoms with Crippen LogP contribution in [0.25, 0.3) is 6.08 Å². The van der Waals surface area contributed by atoms with Crippen molar-refractivity contribution in [1.82, 2.24) is 0 Å². The first-order valence-electron chi connectivity index (χ1n) is 14.3. The number of ketones is 1. The number of esters is 1. The fraction of sp³-hybridized carbons (Fsp3) is 0.529. The normalized spacial score (nSPS) is 12.0. The first kappa shape index (κ1) is 32.1. The lowest BCUT2D eigenvalue weighted by Crippen LogP contribution is -2.43. The summed E-state index contributed by atoms with van der Waals surface area (Å²) in [4.78, 5) is 25.4. The molecule has 0 aliphatic rings. The Balaban J connectivity index is 1.93. The Morgan fingerprint density at radius 1 is 0.821 bits per heavy atom.